The van der Waals surface area contributed by atoms with Crippen LogP contribution in [-0.4, -0.2) is 28.5 Å². The SMILES string of the molecule is COc1cc(C)c(/C(O)=C2\C(=O)C(=O)N(c3ccc(Cl)cc3)C2c2cn(C)c3ccccc23)cc1C. The molecule has 0 radical (unpaired) electrons. The lowest BCUT2D eigenvalue weighted by Gasteiger charge is -2.25. The van der Waals surface area contributed by atoms with Gasteiger partial charge in [-0.05, 0) is 67.4 Å². The molecule has 3 aromatic carbocycles. The third-order valence-electron chi connectivity index (χ3n) is 6.77. The van der Waals surface area contributed by atoms with Crippen molar-refractivity contribution in [1.29, 1.82) is 0 Å². The van der Waals surface area contributed by atoms with Gasteiger partial charge in [0.1, 0.15) is 11.5 Å². The summed E-state index contributed by atoms with van der Waals surface area (Å²) in [5, 5.41) is 13.0. The van der Waals surface area contributed by atoms with Gasteiger partial charge < -0.3 is 14.4 Å². The van der Waals surface area contributed by atoms with Gasteiger partial charge in [0.15, 0.2) is 0 Å². The molecule has 36 heavy (non-hydrogen) atoms. The highest BCUT2D eigenvalue weighted by atomic mass is 35.5. The third-order valence-corrected chi connectivity index (χ3v) is 7.02. The van der Waals surface area contributed by atoms with Crippen molar-refractivity contribution in [2.24, 2.45) is 7.05 Å². The molecule has 0 bridgehead atoms. The smallest absolute Gasteiger partial charge is 0.300 e. The van der Waals surface area contributed by atoms with Crippen LogP contribution in [-0.2, 0) is 16.6 Å². The maximum atomic E-state index is 13.6. The second-order valence-corrected chi connectivity index (χ2v) is 9.43. The Morgan fingerprint density at radius 2 is 1.69 bits per heavy atom. The Hall–Kier alpha value is -4.03. The van der Waals surface area contributed by atoms with Gasteiger partial charge in [0.25, 0.3) is 11.7 Å². The molecule has 1 aliphatic heterocycles. The fourth-order valence-electron chi connectivity index (χ4n) is 5.00. The maximum Gasteiger partial charge on any atom is 0.300 e. The number of carbonyl (C=O) groups excluding carboxylic acids is 2. The van der Waals surface area contributed by atoms with E-state index >= 15 is 0 Å². The summed E-state index contributed by atoms with van der Waals surface area (Å²) in [6, 6.07) is 17.3. The molecule has 182 valence electrons. The van der Waals surface area contributed by atoms with E-state index < -0.39 is 17.7 Å². The highest BCUT2D eigenvalue weighted by Gasteiger charge is 2.48. The van der Waals surface area contributed by atoms with Crippen LogP contribution in [0, 0.1) is 13.8 Å². The number of nitrogens with zero attached hydrogens (tertiary/aromatic N) is 2. The van der Waals surface area contributed by atoms with E-state index in [9.17, 15) is 14.7 Å². The number of aromatic nitrogens is 1. The highest BCUT2D eigenvalue weighted by molar-refractivity contribution is 6.52. The zero-order valence-electron chi connectivity index (χ0n) is 20.4. The van der Waals surface area contributed by atoms with Crippen molar-refractivity contribution in [3.05, 3.63) is 99.7 Å². The zero-order chi connectivity index (χ0) is 25.7. The van der Waals surface area contributed by atoms with Crippen LogP contribution >= 0.6 is 11.6 Å². The zero-order valence-corrected chi connectivity index (χ0v) is 21.1. The number of hydrogen-bond donors (Lipinski definition) is 1. The van der Waals surface area contributed by atoms with E-state index in [1.807, 2.05) is 62.0 Å². The predicted octanol–water partition coefficient (Wildman–Crippen LogP) is 6.08. The molecule has 7 heteroatoms. The first-order valence-electron chi connectivity index (χ1n) is 11.5. The number of benzene rings is 3. The van der Waals surface area contributed by atoms with E-state index in [4.69, 9.17) is 16.3 Å². The van der Waals surface area contributed by atoms with Crippen molar-refractivity contribution in [1.82, 2.24) is 4.57 Å². The van der Waals surface area contributed by atoms with E-state index in [0.717, 1.165) is 27.6 Å². The number of Topliss-reactive ketones (excluding diaryl/α,β-unsaturated/α-hetero) is 1. The van der Waals surface area contributed by atoms with E-state index in [-0.39, 0.29) is 11.3 Å². The summed E-state index contributed by atoms with van der Waals surface area (Å²) < 4.78 is 7.36. The molecular weight excluding hydrogens is 476 g/mol. The molecule has 1 amide bonds. The van der Waals surface area contributed by atoms with E-state index in [1.54, 1.807) is 37.4 Å². The third kappa shape index (κ3) is 3.65. The number of ketones is 1. The fourth-order valence-corrected chi connectivity index (χ4v) is 5.12. The standard InChI is InChI=1S/C29H25ClN2O4/c1-16-14-24(36-4)17(2)13-21(16)27(33)25-26(22-15-31(3)23-8-6-5-7-20(22)23)32(29(35)28(25)34)19-11-9-18(30)10-12-19/h5-15,26,33H,1-4H3/b27-25+. The van der Waals surface area contributed by atoms with Gasteiger partial charge in [0.05, 0.1) is 18.7 Å². The number of aliphatic hydroxyl groups is 1. The van der Waals surface area contributed by atoms with Crippen LogP contribution in [0.15, 0.2) is 72.4 Å². The summed E-state index contributed by atoms with van der Waals surface area (Å²) in [4.78, 5) is 28.5. The second kappa shape index (κ2) is 8.88. The Morgan fingerprint density at radius 1 is 1.00 bits per heavy atom. The summed E-state index contributed by atoms with van der Waals surface area (Å²) in [6.45, 7) is 3.70. The molecule has 0 saturated carbocycles. The first-order valence-corrected chi connectivity index (χ1v) is 11.9. The monoisotopic (exact) mass is 500 g/mol. The topological polar surface area (TPSA) is 71.8 Å². The molecule has 1 N–H and O–H groups in total. The average molecular weight is 501 g/mol. The number of hydrogen-bond acceptors (Lipinski definition) is 4. The lowest BCUT2D eigenvalue weighted by molar-refractivity contribution is -0.132. The van der Waals surface area contributed by atoms with Crippen molar-refractivity contribution >= 4 is 45.6 Å². The van der Waals surface area contributed by atoms with Crippen LogP contribution in [0.3, 0.4) is 0 Å². The first kappa shape index (κ1) is 23.7. The summed E-state index contributed by atoms with van der Waals surface area (Å²) in [7, 11) is 3.50. The number of aliphatic hydroxyl groups excluding tert-OH is 1. The Bertz CT molecular complexity index is 1570. The Labute approximate surface area is 214 Å². The van der Waals surface area contributed by atoms with E-state index in [0.29, 0.717) is 22.0 Å². The van der Waals surface area contributed by atoms with Crippen LogP contribution in [0.2, 0.25) is 5.02 Å². The van der Waals surface area contributed by atoms with Crippen molar-refractivity contribution in [2.45, 2.75) is 19.9 Å². The first-order chi connectivity index (χ1) is 17.2. The number of ether oxygens (including phenoxy) is 1. The van der Waals surface area contributed by atoms with Gasteiger partial charge in [0, 0.05) is 46.0 Å². The molecule has 1 fully saturated rings. The summed E-state index contributed by atoms with van der Waals surface area (Å²) in [5.74, 6) is -0.991. The number of anilines is 1. The van der Waals surface area contributed by atoms with Crippen molar-refractivity contribution in [2.75, 3.05) is 12.0 Å². The molecule has 5 rings (SSSR count). The molecule has 1 aromatic heterocycles. The van der Waals surface area contributed by atoms with Crippen LogP contribution < -0.4 is 9.64 Å². The molecule has 1 aliphatic rings. The molecule has 2 heterocycles. The average Bonchev–Trinajstić information content (AvgIpc) is 3.34. The van der Waals surface area contributed by atoms with Gasteiger partial charge in [-0.25, -0.2) is 0 Å². The Balaban J connectivity index is 1.81. The molecule has 6 nitrogen and oxygen atoms in total. The normalized spacial score (nSPS) is 17.2. The number of rotatable bonds is 4. The summed E-state index contributed by atoms with van der Waals surface area (Å²) in [5.41, 5.74) is 4.26. The van der Waals surface area contributed by atoms with Gasteiger partial charge in [-0.2, -0.15) is 0 Å². The van der Waals surface area contributed by atoms with Gasteiger partial charge in [-0.15, -0.1) is 0 Å². The van der Waals surface area contributed by atoms with E-state index in [1.165, 1.54) is 4.90 Å². The van der Waals surface area contributed by atoms with Crippen molar-refractivity contribution in [3.8, 4) is 5.75 Å². The number of fused-ring (bicyclic) bond motifs is 1. The molecule has 1 saturated heterocycles. The van der Waals surface area contributed by atoms with Crippen LogP contribution in [0.25, 0.3) is 16.7 Å². The van der Waals surface area contributed by atoms with Gasteiger partial charge in [-0.1, -0.05) is 29.8 Å². The minimum absolute atomic E-state index is 0.0407. The number of halogens is 1. The van der Waals surface area contributed by atoms with Crippen molar-refractivity contribution in [3.63, 3.8) is 0 Å². The number of carbonyl (C=O) groups is 2. The number of para-hydroxylation sites is 1. The Morgan fingerprint density at radius 3 is 2.39 bits per heavy atom. The quantitative estimate of drug-likeness (QED) is 0.209. The number of methoxy groups -OCH3 is 1. The fraction of sp³-hybridized carbons (Fsp3) is 0.172. The molecular formula is C29H25ClN2O4. The molecule has 1 atom stereocenters. The van der Waals surface area contributed by atoms with Crippen LogP contribution in [0.5, 0.6) is 5.75 Å². The van der Waals surface area contributed by atoms with E-state index in [2.05, 4.69) is 0 Å². The minimum atomic E-state index is -0.834. The van der Waals surface area contributed by atoms with Crippen molar-refractivity contribution < 1.29 is 19.4 Å². The predicted molar refractivity (Wildman–Crippen MR) is 142 cm³/mol. The highest BCUT2D eigenvalue weighted by Crippen LogP contribution is 2.45. The number of amides is 1. The van der Waals surface area contributed by atoms with Crippen LogP contribution in [0.4, 0.5) is 5.69 Å². The van der Waals surface area contributed by atoms with Gasteiger partial charge in [0.2, 0.25) is 0 Å². The van der Waals surface area contributed by atoms with Gasteiger partial charge in [-0.3, -0.25) is 14.5 Å². The lowest BCUT2D eigenvalue weighted by atomic mass is 9.92. The largest absolute Gasteiger partial charge is 0.507 e. The second-order valence-electron chi connectivity index (χ2n) is 8.99. The summed E-state index contributed by atoms with van der Waals surface area (Å²) >= 11 is 6.10. The maximum absolute atomic E-state index is 13.6. The summed E-state index contributed by atoms with van der Waals surface area (Å²) in [6.07, 6.45) is 1.91. The molecule has 0 aliphatic carbocycles. The lowest BCUT2D eigenvalue weighted by Crippen LogP contribution is -2.29. The molecule has 0 spiro atoms. The minimum Gasteiger partial charge on any atom is -0.507 e. The molecule has 4 aromatic rings. The number of aryl methyl sites for hydroxylation is 3. The molecule has 1 unspecified atom stereocenters. The van der Waals surface area contributed by atoms with Gasteiger partial charge >= 0.3 is 0 Å². The Kier molecular flexibility index (Phi) is 5.85. The van der Waals surface area contributed by atoms with Crippen LogP contribution in [0.1, 0.15) is 28.3 Å².